The molecule has 4 nitrogen and oxygen atoms in total. The Morgan fingerprint density at radius 1 is 1.39 bits per heavy atom. The van der Waals surface area contributed by atoms with Crippen molar-refractivity contribution in [3.8, 4) is 0 Å². The van der Waals surface area contributed by atoms with Crippen LogP contribution in [0.5, 0.6) is 0 Å². The molecule has 1 aromatic heterocycles. The fourth-order valence-corrected chi connectivity index (χ4v) is 2.39. The summed E-state index contributed by atoms with van der Waals surface area (Å²) in [5.41, 5.74) is 1.57. The second-order valence-electron chi connectivity index (χ2n) is 4.58. The molecule has 1 saturated carbocycles. The van der Waals surface area contributed by atoms with Gasteiger partial charge < -0.3 is 5.32 Å². The summed E-state index contributed by atoms with van der Waals surface area (Å²) in [4.78, 5) is 12.7. The van der Waals surface area contributed by atoms with Crippen LogP contribution in [0.25, 0.3) is 0 Å². The van der Waals surface area contributed by atoms with E-state index in [4.69, 9.17) is 0 Å². The number of nitrogens with one attached hydrogen (secondary N) is 1. The van der Waals surface area contributed by atoms with Crippen molar-refractivity contribution < 1.29 is 0 Å². The van der Waals surface area contributed by atoms with Crippen LogP contribution in [-0.4, -0.2) is 30.6 Å². The Bertz CT molecular complexity index is 433. The first-order valence-corrected chi connectivity index (χ1v) is 6.50. The summed E-state index contributed by atoms with van der Waals surface area (Å²) in [6.45, 7) is 3.58. The number of hydrogen-bond donors (Lipinski definition) is 1. The number of rotatable bonds is 3. The van der Waals surface area contributed by atoms with Crippen molar-refractivity contribution in [3.05, 3.63) is 24.0 Å². The molecule has 96 valence electrons. The second-order valence-corrected chi connectivity index (χ2v) is 4.58. The molecule has 0 radical (unpaired) electrons. The van der Waals surface area contributed by atoms with Gasteiger partial charge in [-0.3, -0.25) is 15.0 Å². The van der Waals surface area contributed by atoms with Crippen LogP contribution in [0.2, 0.25) is 0 Å². The summed E-state index contributed by atoms with van der Waals surface area (Å²) in [6.07, 6.45) is 8.12. The SMILES string of the molecule is C=Nc1cccnc1C(=NC)NC1CCCCC1. The van der Waals surface area contributed by atoms with Gasteiger partial charge in [-0.25, -0.2) is 0 Å². The van der Waals surface area contributed by atoms with Crippen LogP contribution in [0, 0.1) is 0 Å². The quantitative estimate of drug-likeness (QED) is 0.656. The Balaban J connectivity index is 2.15. The molecule has 0 unspecified atom stereocenters. The smallest absolute Gasteiger partial charge is 0.149 e. The van der Waals surface area contributed by atoms with Crippen LogP contribution in [0.4, 0.5) is 5.69 Å². The number of hydrogen-bond acceptors (Lipinski definition) is 3. The number of aliphatic imine (C=N–C) groups is 2. The average molecular weight is 244 g/mol. The molecule has 0 spiro atoms. The molecule has 1 N–H and O–H groups in total. The second kappa shape index (κ2) is 6.28. The maximum Gasteiger partial charge on any atom is 0.149 e. The summed E-state index contributed by atoms with van der Waals surface area (Å²) in [5, 5.41) is 3.50. The zero-order valence-corrected chi connectivity index (χ0v) is 10.9. The molecule has 1 fully saturated rings. The molecule has 0 aliphatic heterocycles. The number of pyridine rings is 1. The van der Waals surface area contributed by atoms with Gasteiger partial charge in [-0.2, -0.15) is 0 Å². The van der Waals surface area contributed by atoms with E-state index in [9.17, 15) is 0 Å². The van der Waals surface area contributed by atoms with E-state index in [0.29, 0.717) is 6.04 Å². The van der Waals surface area contributed by atoms with Gasteiger partial charge in [-0.05, 0) is 31.7 Å². The van der Waals surface area contributed by atoms with E-state index in [1.807, 2.05) is 12.1 Å². The molecule has 18 heavy (non-hydrogen) atoms. The highest BCUT2D eigenvalue weighted by Crippen LogP contribution is 2.20. The lowest BCUT2D eigenvalue weighted by Gasteiger charge is -2.24. The molecule has 4 heteroatoms. The fraction of sp³-hybridized carbons (Fsp3) is 0.500. The van der Waals surface area contributed by atoms with Crippen LogP contribution < -0.4 is 5.32 Å². The van der Waals surface area contributed by atoms with E-state index in [-0.39, 0.29) is 0 Å². The van der Waals surface area contributed by atoms with Gasteiger partial charge >= 0.3 is 0 Å². The van der Waals surface area contributed by atoms with Crippen molar-refractivity contribution in [1.82, 2.24) is 10.3 Å². The van der Waals surface area contributed by atoms with Crippen molar-refractivity contribution >= 4 is 18.2 Å². The zero-order valence-electron chi connectivity index (χ0n) is 10.9. The fourth-order valence-electron chi connectivity index (χ4n) is 2.39. The highest BCUT2D eigenvalue weighted by Gasteiger charge is 2.17. The summed E-state index contributed by atoms with van der Waals surface area (Å²) in [5.74, 6) is 0.824. The summed E-state index contributed by atoms with van der Waals surface area (Å²) >= 11 is 0. The van der Waals surface area contributed by atoms with Gasteiger partial charge in [0.25, 0.3) is 0 Å². The summed E-state index contributed by atoms with van der Waals surface area (Å²) in [6, 6.07) is 4.28. The van der Waals surface area contributed by atoms with Crippen LogP contribution >= 0.6 is 0 Å². The van der Waals surface area contributed by atoms with Gasteiger partial charge in [0.05, 0.1) is 5.69 Å². The van der Waals surface area contributed by atoms with Crippen molar-refractivity contribution in [3.63, 3.8) is 0 Å². The third kappa shape index (κ3) is 2.94. The topological polar surface area (TPSA) is 49.6 Å². The normalized spacial score (nSPS) is 17.5. The van der Waals surface area contributed by atoms with Gasteiger partial charge in [-0.15, -0.1) is 0 Å². The first kappa shape index (κ1) is 12.7. The van der Waals surface area contributed by atoms with Crippen LogP contribution in [0.1, 0.15) is 37.8 Å². The van der Waals surface area contributed by atoms with Gasteiger partial charge in [0.1, 0.15) is 11.5 Å². The molecule has 0 bridgehead atoms. The van der Waals surface area contributed by atoms with Gasteiger partial charge in [-0.1, -0.05) is 19.3 Å². The number of aromatic nitrogens is 1. The van der Waals surface area contributed by atoms with E-state index in [0.717, 1.165) is 17.2 Å². The molecular formula is C14H20N4. The standard InChI is InChI=1S/C14H20N4/c1-15-12-9-6-10-17-13(12)14(16-2)18-11-7-4-3-5-8-11/h6,9-11H,1,3-5,7-8H2,2H3,(H,16,18). The van der Waals surface area contributed by atoms with Crippen LogP contribution in [-0.2, 0) is 0 Å². The Hall–Kier alpha value is -1.71. The summed E-state index contributed by atoms with van der Waals surface area (Å²) < 4.78 is 0. The van der Waals surface area contributed by atoms with Crippen molar-refractivity contribution in [2.75, 3.05) is 7.05 Å². The first-order chi connectivity index (χ1) is 8.85. The Morgan fingerprint density at radius 2 is 2.17 bits per heavy atom. The Labute approximate surface area is 108 Å². The van der Waals surface area contributed by atoms with Gasteiger partial charge in [0, 0.05) is 19.3 Å². The highest BCUT2D eigenvalue weighted by atomic mass is 15.0. The number of nitrogens with zero attached hydrogens (tertiary/aromatic N) is 3. The highest BCUT2D eigenvalue weighted by molar-refractivity contribution is 6.01. The molecule has 0 amide bonds. The molecule has 0 atom stereocenters. The van der Waals surface area contributed by atoms with Gasteiger partial charge in [0.2, 0.25) is 0 Å². The van der Waals surface area contributed by atoms with E-state index in [1.165, 1.54) is 32.1 Å². The minimum atomic E-state index is 0.511. The predicted octanol–water partition coefficient (Wildman–Crippen LogP) is 2.71. The largest absolute Gasteiger partial charge is 0.366 e. The number of amidine groups is 1. The maximum atomic E-state index is 4.36. The molecule has 0 saturated heterocycles. The lowest BCUT2D eigenvalue weighted by molar-refractivity contribution is 0.413. The lowest BCUT2D eigenvalue weighted by atomic mass is 9.95. The third-order valence-electron chi connectivity index (χ3n) is 3.35. The third-order valence-corrected chi connectivity index (χ3v) is 3.35. The van der Waals surface area contributed by atoms with E-state index < -0.39 is 0 Å². The Morgan fingerprint density at radius 3 is 2.83 bits per heavy atom. The lowest BCUT2D eigenvalue weighted by Crippen LogP contribution is -2.37. The van der Waals surface area contributed by atoms with Crippen molar-refractivity contribution in [2.24, 2.45) is 9.98 Å². The van der Waals surface area contributed by atoms with Crippen molar-refractivity contribution in [1.29, 1.82) is 0 Å². The van der Waals surface area contributed by atoms with E-state index >= 15 is 0 Å². The van der Waals surface area contributed by atoms with Crippen LogP contribution in [0.3, 0.4) is 0 Å². The monoisotopic (exact) mass is 244 g/mol. The first-order valence-electron chi connectivity index (χ1n) is 6.50. The predicted molar refractivity (Wildman–Crippen MR) is 75.9 cm³/mol. The molecule has 2 rings (SSSR count). The minimum Gasteiger partial charge on any atom is -0.366 e. The maximum absolute atomic E-state index is 4.36. The van der Waals surface area contributed by atoms with E-state index in [1.54, 1.807) is 13.2 Å². The molecule has 0 aromatic carbocycles. The van der Waals surface area contributed by atoms with Crippen LogP contribution in [0.15, 0.2) is 28.3 Å². The molecule has 1 aliphatic carbocycles. The average Bonchev–Trinajstić information content (AvgIpc) is 2.46. The zero-order chi connectivity index (χ0) is 12.8. The Kier molecular flexibility index (Phi) is 4.45. The van der Waals surface area contributed by atoms with E-state index in [2.05, 4.69) is 27.0 Å². The molecule has 1 aromatic rings. The minimum absolute atomic E-state index is 0.511. The molecule has 1 heterocycles. The molecular weight excluding hydrogens is 224 g/mol. The van der Waals surface area contributed by atoms with Crippen molar-refractivity contribution in [2.45, 2.75) is 38.1 Å². The summed E-state index contributed by atoms with van der Waals surface area (Å²) in [7, 11) is 1.78. The molecule has 1 aliphatic rings. The van der Waals surface area contributed by atoms with Gasteiger partial charge in [0.15, 0.2) is 0 Å².